The smallest absolute Gasteiger partial charge is 0.164 e. The van der Waals surface area contributed by atoms with Crippen LogP contribution in [-0.2, 0) is 0 Å². The lowest BCUT2D eigenvalue weighted by Crippen LogP contribution is -2.02. The van der Waals surface area contributed by atoms with Crippen LogP contribution >= 0.6 is 11.3 Å². The van der Waals surface area contributed by atoms with Crippen LogP contribution in [0.5, 0.6) is 0 Å². The van der Waals surface area contributed by atoms with Crippen LogP contribution in [0.3, 0.4) is 0 Å². The van der Waals surface area contributed by atoms with Gasteiger partial charge in [-0.05, 0) is 58.6 Å². The van der Waals surface area contributed by atoms with E-state index in [4.69, 9.17) is 15.0 Å². The zero-order chi connectivity index (χ0) is 38.1. The zero-order valence-corrected chi connectivity index (χ0v) is 32.0. The van der Waals surface area contributed by atoms with Crippen molar-refractivity contribution in [2.24, 2.45) is 0 Å². The second-order valence-corrected chi connectivity index (χ2v) is 17.0. The minimum Gasteiger partial charge on any atom is -0.309 e. The first kappa shape index (κ1) is 30.5. The van der Waals surface area contributed by atoms with Crippen LogP contribution in [0.2, 0.25) is 0 Å². The van der Waals surface area contributed by atoms with E-state index in [1.54, 1.807) is 0 Å². The van der Waals surface area contributed by atoms with Gasteiger partial charge in [-0.1, -0.05) is 121 Å². The molecule has 59 heavy (non-hydrogen) atoms. The van der Waals surface area contributed by atoms with E-state index in [1.165, 1.54) is 85.5 Å². The molecule has 0 saturated carbocycles. The highest BCUT2D eigenvalue weighted by Crippen LogP contribution is 2.53. The molecule has 6 heteroatoms. The SMILES string of the molecule is c1ccc(-c2nc(-c3ccc4ccccc4c3)nc(-c3ccc(-n4c5ccc6sc7ccc8c9cccc%10c%11ccc4c4c5c6c7c8n(c9%10)c%114)c4ccccc34)n2)cc1. The molecule has 0 fully saturated rings. The fraction of sp³-hybridized carbons (Fsp3) is 0. The number of nitrogens with zero attached hydrogens (tertiary/aromatic N) is 5. The summed E-state index contributed by atoms with van der Waals surface area (Å²) in [5.41, 5.74) is 10.4. The highest BCUT2D eigenvalue weighted by molar-refractivity contribution is 7.26. The van der Waals surface area contributed by atoms with Crippen molar-refractivity contribution >= 4 is 113 Å². The van der Waals surface area contributed by atoms with Crippen molar-refractivity contribution in [3.8, 4) is 39.9 Å². The van der Waals surface area contributed by atoms with E-state index in [1.807, 2.05) is 29.5 Å². The average molecular weight is 766 g/mol. The van der Waals surface area contributed by atoms with Crippen LogP contribution in [0.15, 0.2) is 164 Å². The van der Waals surface area contributed by atoms with Crippen molar-refractivity contribution in [2.75, 3.05) is 0 Å². The van der Waals surface area contributed by atoms with Crippen LogP contribution in [0.1, 0.15) is 0 Å². The third kappa shape index (κ3) is 3.74. The van der Waals surface area contributed by atoms with Crippen LogP contribution in [0.25, 0.3) is 141 Å². The number of hydrogen-bond donors (Lipinski definition) is 0. The zero-order valence-electron chi connectivity index (χ0n) is 31.2. The van der Waals surface area contributed by atoms with E-state index in [0.717, 1.165) is 38.5 Å². The van der Waals surface area contributed by atoms with Crippen LogP contribution in [-0.4, -0.2) is 23.9 Å². The summed E-state index contributed by atoms with van der Waals surface area (Å²) in [6, 6.07) is 59.3. The molecule has 0 aliphatic rings. The van der Waals surface area contributed by atoms with Gasteiger partial charge in [-0.2, -0.15) is 0 Å². The van der Waals surface area contributed by atoms with Gasteiger partial charge in [0.2, 0.25) is 0 Å². The Labute approximate surface area is 339 Å². The first-order chi connectivity index (χ1) is 29.3. The predicted molar refractivity (Wildman–Crippen MR) is 247 cm³/mol. The van der Waals surface area contributed by atoms with Crippen LogP contribution in [0.4, 0.5) is 0 Å². The van der Waals surface area contributed by atoms with Crippen molar-refractivity contribution in [3.63, 3.8) is 0 Å². The molecule has 0 N–H and O–H groups in total. The normalized spacial score (nSPS) is 12.7. The van der Waals surface area contributed by atoms with Crippen molar-refractivity contribution < 1.29 is 0 Å². The molecule has 0 radical (unpaired) electrons. The summed E-state index contributed by atoms with van der Waals surface area (Å²) < 4.78 is 7.79. The molecule has 15 aromatic rings. The third-order valence-electron chi connectivity index (χ3n) is 13.0. The molecule has 6 aromatic heterocycles. The first-order valence-electron chi connectivity index (χ1n) is 20.0. The van der Waals surface area contributed by atoms with E-state index in [-0.39, 0.29) is 0 Å². The van der Waals surface area contributed by atoms with E-state index < -0.39 is 0 Å². The Morgan fingerprint density at radius 3 is 1.86 bits per heavy atom. The number of thiophene rings is 1. The van der Waals surface area contributed by atoms with Crippen molar-refractivity contribution in [1.82, 2.24) is 23.9 Å². The number of rotatable bonds is 4. The fourth-order valence-corrected chi connectivity index (χ4v) is 11.7. The largest absolute Gasteiger partial charge is 0.309 e. The van der Waals surface area contributed by atoms with Gasteiger partial charge in [-0.15, -0.1) is 11.3 Å². The maximum Gasteiger partial charge on any atom is 0.164 e. The van der Waals surface area contributed by atoms with Gasteiger partial charge in [-0.25, -0.2) is 15.0 Å². The Morgan fingerprint density at radius 2 is 1.00 bits per heavy atom. The first-order valence-corrected chi connectivity index (χ1v) is 20.8. The highest BCUT2D eigenvalue weighted by atomic mass is 32.1. The Balaban J connectivity index is 1.03. The molecule has 270 valence electrons. The number of benzene rings is 9. The molecule has 0 amide bonds. The Hall–Kier alpha value is -7.67. The number of hydrogen-bond acceptors (Lipinski definition) is 4. The quantitative estimate of drug-likeness (QED) is 0.179. The summed E-state index contributed by atoms with van der Waals surface area (Å²) >= 11 is 1.91. The van der Waals surface area contributed by atoms with Gasteiger partial charge in [0.05, 0.1) is 33.3 Å². The molecule has 6 heterocycles. The van der Waals surface area contributed by atoms with Crippen molar-refractivity contribution in [2.45, 2.75) is 0 Å². The summed E-state index contributed by atoms with van der Waals surface area (Å²) in [4.78, 5) is 15.5. The second kappa shape index (κ2) is 10.6. The van der Waals surface area contributed by atoms with Gasteiger partial charge in [-0.3, -0.25) is 0 Å². The summed E-state index contributed by atoms with van der Waals surface area (Å²) in [5.74, 6) is 1.95. The summed E-state index contributed by atoms with van der Waals surface area (Å²) in [5, 5.41) is 15.3. The molecule has 0 aliphatic heterocycles. The van der Waals surface area contributed by atoms with Crippen molar-refractivity contribution in [3.05, 3.63) is 164 Å². The van der Waals surface area contributed by atoms with Gasteiger partial charge in [0.15, 0.2) is 17.5 Å². The molecule has 5 nitrogen and oxygen atoms in total. The number of fused-ring (bicyclic) bond motifs is 4. The highest BCUT2D eigenvalue weighted by Gasteiger charge is 2.29. The predicted octanol–water partition coefficient (Wildman–Crippen LogP) is 14.1. The average Bonchev–Trinajstić information content (AvgIpc) is 4.01. The topological polar surface area (TPSA) is 48.0 Å². The van der Waals surface area contributed by atoms with E-state index in [0.29, 0.717) is 17.5 Å². The molecular weight excluding hydrogens is 739 g/mol. The van der Waals surface area contributed by atoms with Crippen molar-refractivity contribution in [1.29, 1.82) is 0 Å². The molecular formula is C53H27N5S. The Kier molecular flexibility index (Phi) is 5.49. The van der Waals surface area contributed by atoms with Crippen LogP contribution < -0.4 is 0 Å². The molecule has 0 unspecified atom stereocenters. The molecule has 0 spiro atoms. The lowest BCUT2D eigenvalue weighted by molar-refractivity contribution is 1.08. The Morgan fingerprint density at radius 1 is 0.373 bits per heavy atom. The van der Waals surface area contributed by atoms with Gasteiger partial charge in [0, 0.05) is 74.6 Å². The molecule has 9 aromatic carbocycles. The molecule has 15 rings (SSSR count). The second-order valence-electron chi connectivity index (χ2n) is 15.9. The Bertz CT molecular complexity index is 4190. The van der Waals surface area contributed by atoms with Gasteiger partial charge < -0.3 is 8.97 Å². The van der Waals surface area contributed by atoms with E-state index >= 15 is 0 Å². The monoisotopic (exact) mass is 765 g/mol. The minimum atomic E-state index is 0.650. The number of para-hydroxylation sites is 1. The van der Waals surface area contributed by atoms with E-state index in [2.05, 4.69) is 155 Å². The third-order valence-corrected chi connectivity index (χ3v) is 14.1. The summed E-state index contributed by atoms with van der Waals surface area (Å²) in [6.45, 7) is 0. The fourth-order valence-electron chi connectivity index (χ4n) is 10.6. The maximum absolute atomic E-state index is 5.24. The standard InChI is InChI=1S/C53H27N5S/c1-2-10-29(11-3-1)51-54-52(31-18-17-28-9-4-5-12-30(28)27-31)56-53(55-51)38-20-22-39(33-14-7-6-13-32(33)38)57-40-24-26-42-46-44(40)45-41(57)23-19-36-34-15-8-16-35-37-21-25-43(59-42)47(46)50(37)58(48(34)35)49(36)45/h1-27H. The molecule has 0 atom stereocenters. The molecule has 0 saturated heterocycles. The molecule has 0 aliphatic carbocycles. The summed E-state index contributed by atoms with van der Waals surface area (Å²) in [6.07, 6.45) is 0. The van der Waals surface area contributed by atoms with Gasteiger partial charge in [0.1, 0.15) is 0 Å². The van der Waals surface area contributed by atoms with Gasteiger partial charge >= 0.3 is 0 Å². The van der Waals surface area contributed by atoms with E-state index in [9.17, 15) is 0 Å². The summed E-state index contributed by atoms with van der Waals surface area (Å²) in [7, 11) is 0. The number of aromatic nitrogens is 5. The lowest BCUT2D eigenvalue weighted by atomic mass is 10.0. The maximum atomic E-state index is 5.24. The lowest BCUT2D eigenvalue weighted by Gasteiger charge is -2.15. The minimum absolute atomic E-state index is 0.650. The van der Waals surface area contributed by atoms with Crippen LogP contribution in [0, 0.1) is 0 Å². The molecule has 0 bridgehead atoms. The van der Waals surface area contributed by atoms with Gasteiger partial charge in [0.25, 0.3) is 0 Å².